The minimum absolute atomic E-state index is 0.357. The lowest BCUT2D eigenvalue weighted by molar-refractivity contribution is 0.246. The van der Waals surface area contributed by atoms with E-state index in [0.717, 1.165) is 36.9 Å². The van der Waals surface area contributed by atoms with Crippen LogP contribution in [0.4, 0.5) is 0 Å². The van der Waals surface area contributed by atoms with Crippen molar-refractivity contribution in [3.8, 4) is 17.6 Å². The summed E-state index contributed by atoms with van der Waals surface area (Å²) >= 11 is 2.22. The van der Waals surface area contributed by atoms with E-state index in [1.165, 1.54) is 18.1 Å². The van der Waals surface area contributed by atoms with Crippen LogP contribution in [0.2, 0.25) is 0 Å². The summed E-state index contributed by atoms with van der Waals surface area (Å²) < 4.78 is 27.5. The lowest BCUT2D eigenvalue weighted by Crippen LogP contribution is -2.31. The van der Waals surface area contributed by atoms with Gasteiger partial charge in [-0.1, -0.05) is 0 Å². The summed E-state index contributed by atoms with van der Waals surface area (Å²) in [5.41, 5.74) is 0.914. The van der Waals surface area contributed by atoms with Crippen LogP contribution < -0.4 is 9.47 Å². The molecule has 3 rings (SSSR count). The van der Waals surface area contributed by atoms with Crippen molar-refractivity contribution in [1.29, 1.82) is 0 Å². The molecule has 0 aromatic carbocycles. The molecule has 20 heavy (non-hydrogen) atoms. The highest BCUT2D eigenvalue weighted by Crippen LogP contribution is 2.35. The number of rotatable bonds is 4. The van der Waals surface area contributed by atoms with E-state index in [9.17, 15) is 0 Å². The van der Waals surface area contributed by atoms with Crippen LogP contribution in [0.5, 0.6) is 17.6 Å². The highest BCUT2D eigenvalue weighted by atomic mass is 32.1. The normalized spacial score (nSPS) is 20.0. The summed E-state index contributed by atoms with van der Waals surface area (Å²) in [5, 5.41) is 0. The van der Waals surface area contributed by atoms with Crippen LogP contribution in [0.3, 0.4) is 0 Å². The van der Waals surface area contributed by atoms with Crippen LogP contribution in [0, 0.1) is 0 Å². The summed E-state index contributed by atoms with van der Waals surface area (Å²) in [4.78, 5) is 2.31. The Morgan fingerprint density at radius 1 is 1.10 bits per heavy atom. The Morgan fingerprint density at radius 3 is 2.65 bits per heavy atom. The first kappa shape index (κ1) is 13.7. The molecule has 108 valence electrons. The Bertz CT molecular complexity index is 573. The third-order valence-electron chi connectivity index (χ3n) is 3.31. The maximum Gasteiger partial charge on any atom is 0.298 e. The van der Waals surface area contributed by atoms with E-state index < -0.39 is 0 Å². The van der Waals surface area contributed by atoms with Crippen molar-refractivity contribution in [1.82, 2.24) is 22.4 Å². The largest absolute Gasteiger partial charge is 0.477 e. The SMILES string of the molecule is COc1nsnc1Oc1nsnc1C1CCCN(C)C1. The van der Waals surface area contributed by atoms with Crippen molar-refractivity contribution in [2.75, 3.05) is 27.2 Å². The molecular formula is C11H15N5O2S2. The molecule has 1 aliphatic heterocycles. The zero-order chi connectivity index (χ0) is 13.9. The minimum Gasteiger partial charge on any atom is -0.477 e. The predicted molar refractivity (Wildman–Crippen MR) is 75.9 cm³/mol. The zero-order valence-corrected chi connectivity index (χ0v) is 12.9. The van der Waals surface area contributed by atoms with E-state index in [2.05, 4.69) is 29.4 Å². The molecule has 0 radical (unpaired) electrons. The fraction of sp³-hybridized carbons (Fsp3) is 0.636. The van der Waals surface area contributed by atoms with E-state index in [1.54, 1.807) is 7.11 Å². The first-order valence-corrected chi connectivity index (χ1v) is 7.79. The number of ether oxygens (including phenoxy) is 2. The third kappa shape index (κ3) is 2.74. The Hall–Kier alpha value is -1.32. The molecule has 7 nitrogen and oxygen atoms in total. The van der Waals surface area contributed by atoms with E-state index in [4.69, 9.17) is 9.47 Å². The first-order valence-electron chi connectivity index (χ1n) is 6.33. The molecule has 3 heterocycles. The number of likely N-dealkylation sites (tertiary alicyclic amines) is 1. The maximum atomic E-state index is 5.73. The molecule has 0 bridgehead atoms. The van der Waals surface area contributed by atoms with Crippen molar-refractivity contribution in [3.63, 3.8) is 0 Å². The van der Waals surface area contributed by atoms with Crippen molar-refractivity contribution < 1.29 is 9.47 Å². The van der Waals surface area contributed by atoms with Crippen LogP contribution >= 0.6 is 23.5 Å². The summed E-state index contributed by atoms with van der Waals surface area (Å²) in [5.74, 6) is 1.63. The second-order valence-electron chi connectivity index (χ2n) is 4.74. The molecule has 2 aromatic rings. The third-order valence-corrected chi connectivity index (χ3v) is 4.33. The molecule has 1 atom stereocenters. The number of hydrogen-bond acceptors (Lipinski definition) is 9. The average Bonchev–Trinajstić information content (AvgIpc) is 3.08. The first-order chi connectivity index (χ1) is 9.78. The maximum absolute atomic E-state index is 5.73. The Kier molecular flexibility index (Phi) is 4.08. The van der Waals surface area contributed by atoms with E-state index in [0.29, 0.717) is 23.6 Å². The van der Waals surface area contributed by atoms with Crippen molar-refractivity contribution in [3.05, 3.63) is 5.69 Å². The Balaban J connectivity index is 1.79. The van der Waals surface area contributed by atoms with Gasteiger partial charge < -0.3 is 14.4 Å². The molecule has 0 aliphatic carbocycles. The van der Waals surface area contributed by atoms with E-state index >= 15 is 0 Å². The molecule has 1 fully saturated rings. The highest BCUT2D eigenvalue weighted by molar-refractivity contribution is 6.99. The topological polar surface area (TPSA) is 73.3 Å². The van der Waals surface area contributed by atoms with E-state index in [-0.39, 0.29) is 0 Å². The summed E-state index contributed by atoms with van der Waals surface area (Å²) in [6, 6.07) is 0. The quantitative estimate of drug-likeness (QED) is 0.854. The summed E-state index contributed by atoms with van der Waals surface area (Å²) in [6.07, 6.45) is 2.28. The number of piperidine rings is 1. The van der Waals surface area contributed by atoms with Gasteiger partial charge in [-0.3, -0.25) is 0 Å². The number of aromatic nitrogens is 4. The van der Waals surface area contributed by atoms with E-state index in [1.807, 2.05) is 0 Å². The molecule has 0 amide bonds. The Morgan fingerprint density at radius 2 is 1.85 bits per heavy atom. The monoisotopic (exact) mass is 313 g/mol. The van der Waals surface area contributed by atoms with Crippen LogP contribution in [0.15, 0.2) is 0 Å². The van der Waals surface area contributed by atoms with Gasteiger partial charge in [-0.25, -0.2) is 0 Å². The molecule has 1 unspecified atom stereocenters. The standard InChI is InChI=1S/C11H15N5O2S2/c1-16-5-3-4-7(6-16)8-9(13-19-12-8)18-11-10(17-2)14-20-15-11/h7H,3-6H2,1-2H3. The van der Waals surface area contributed by atoms with Crippen LogP contribution in [-0.2, 0) is 0 Å². The molecule has 1 aliphatic rings. The number of methoxy groups -OCH3 is 1. The lowest BCUT2D eigenvalue weighted by Gasteiger charge is -2.28. The highest BCUT2D eigenvalue weighted by Gasteiger charge is 2.26. The van der Waals surface area contributed by atoms with Gasteiger partial charge in [0.2, 0.25) is 0 Å². The zero-order valence-electron chi connectivity index (χ0n) is 11.3. The number of likely N-dealkylation sites (N-methyl/N-ethyl adjacent to an activating group) is 1. The molecule has 1 saturated heterocycles. The van der Waals surface area contributed by atoms with Crippen LogP contribution in [-0.4, -0.2) is 49.6 Å². The predicted octanol–water partition coefficient (Wildman–Crippen LogP) is 2.00. The van der Waals surface area contributed by atoms with Gasteiger partial charge in [-0.2, -0.15) is 4.37 Å². The summed E-state index contributed by atoms with van der Waals surface area (Å²) in [6.45, 7) is 2.11. The van der Waals surface area contributed by atoms with Crippen molar-refractivity contribution in [2.24, 2.45) is 0 Å². The minimum atomic E-state index is 0.357. The van der Waals surface area contributed by atoms with Gasteiger partial charge in [-0.15, -0.1) is 13.1 Å². The number of nitrogens with zero attached hydrogens (tertiary/aromatic N) is 5. The fourth-order valence-corrected chi connectivity index (χ4v) is 3.37. The molecule has 0 N–H and O–H groups in total. The second-order valence-corrected chi connectivity index (χ2v) is 5.79. The van der Waals surface area contributed by atoms with Crippen LogP contribution in [0.25, 0.3) is 0 Å². The molecule has 2 aromatic heterocycles. The molecule has 9 heteroatoms. The van der Waals surface area contributed by atoms with Crippen molar-refractivity contribution in [2.45, 2.75) is 18.8 Å². The van der Waals surface area contributed by atoms with Gasteiger partial charge in [0.25, 0.3) is 17.6 Å². The Labute approximate surface area is 125 Å². The van der Waals surface area contributed by atoms with Gasteiger partial charge >= 0.3 is 0 Å². The lowest BCUT2D eigenvalue weighted by atomic mass is 9.95. The van der Waals surface area contributed by atoms with Gasteiger partial charge in [0.1, 0.15) is 5.69 Å². The second kappa shape index (κ2) is 5.98. The van der Waals surface area contributed by atoms with Gasteiger partial charge in [0.15, 0.2) is 0 Å². The van der Waals surface area contributed by atoms with Gasteiger partial charge in [0, 0.05) is 12.5 Å². The smallest absolute Gasteiger partial charge is 0.298 e. The molecule has 0 spiro atoms. The fourth-order valence-electron chi connectivity index (χ4n) is 2.35. The summed E-state index contributed by atoms with van der Waals surface area (Å²) in [7, 11) is 3.67. The van der Waals surface area contributed by atoms with Gasteiger partial charge in [0.05, 0.1) is 30.6 Å². The number of hydrogen-bond donors (Lipinski definition) is 0. The van der Waals surface area contributed by atoms with Gasteiger partial charge in [-0.05, 0) is 26.4 Å². The molecular weight excluding hydrogens is 298 g/mol. The molecule has 0 saturated carbocycles. The average molecular weight is 313 g/mol. The van der Waals surface area contributed by atoms with Crippen LogP contribution in [0.1, 0.15) is 24.5 Å². The van der Waals surface area contributed by atoms with Crippen molar-refractivity contribution >= 4 is 23.5 Å².